The Labute approximate surface area is 131 Å². The van der Waals surface area contributed by atoms with Gasteiger partial charge in [0.1, 0.15) is 0 Å². The number of hydrogen-bond donors (Lipinski definition) is 1. The number of piperidine rings is 1. The van der Waals surface area contributed by atoms with Crippen LogP contribution in [0.3, 0.4) is 0 Å². The molecule has 2 rings (SSSR count). The van der Waals surface area contributed by atoms with Gasteiger partial charge in [-0.1, -0.05) is 17.7 Å². The summed E-state index contributed by atoms with van der Waals surface area (Å²) in [4.78, 5) is 2.44. The molecule has 118 valence electrons. The number of halogens is 1. The molecule has 0 bridgehead atoms. The first-order valence-electron chi connectivity index (χ1n) is 7.01. The number of benzene rings is 1. The molecule has 5 nitrogen and oxygen atoms in total. The van der Waals surface area contributed by atoms with Crippen LogP contribution in [0.15, 0.2) is 23.1 Å². The second-order valence-corrected chi connectivity index (χ2v) is 7.92. The molecule has 1 aliphatic heterocycles. The summed E-state index contributed by atoms with van der Waals surface area (Å²) in [5.41, 5.74) is 6.30. The van der Waals surface area contributed by atoms with E-state index in [2.05, 4.69) is 11.9 Å². The Kier molecular flexibility index (Phi) is 5.27. The average Bonchev–Trinajstić information content (AvgIpc) is 2.47. The highest BCUT2D eigenvalue weighted by Gasteiger charge is 2.30. The lowest BCUT2D eigenvalue weighted by Gasteiger charge is -2.34. The van der Waals surface area contributed by atoms with Gasteiger partial charge in [0, 0.05) is 24.7 Å². The minimum atomic E-state index is -3.51. The predicted molar refractivity (Wildman–Crippen MR) is 84.8 cm³/mol. The summed E-state index contributed by atoms with van der Waals surface area (Å²) in [5.74, 6) is 0. The van der Waals surface area contributed by atoms with Crippen LogP contribution in [0.4, 0.5) is 0 Å². The lowest BCUT2D eigenvalue weighted by Crippen LogP contribution is -2.44. The Bertz CT molecular complexity index is 598. The van der Waals surface area contributed by atoms with Gasteiger partial charge in [-0.2, -0.15) is 4.31 Å². The van der Waals surface area contributed by atoms with E-state index < -0.39 is 10.0 Å². The van der Waals surface area contributed by atoms with Crippen LogP contribution in [0.2, 0.25) is 5.02 Å². The van der Waals surface area contributed by atoms with E-state index in [9.17, 15) is 8.42 Å². The quantitative estimate of drug-likeness (QED) is 0.908. The first-order valence-corrected chi connectivity index (χ1v) is 8.83. The van der Waals surface area contributed by atoms with Crippen LogP contribution in [0.1, 0.15) is 18.4 Å². The number of nitrogens with zero attached hydrogens (tertiary/aromatic N) is 2. The topological polar surface area (TPSA) is 66.6 Å². The van der Waals surface area contributed by atoms with Gasteiger partial charge in [-0.15, -0.1) is 0 Å². The zero-order valence-electron chi connectivity index (χ0n) is 12.4. The Morgan fingerprint density at radius 2 is 2.00 bits per heavy atom. The summed E-state index contributed by atoms with van der Waals surface area (Å²) in [6.45, 7) is 2.12. The molecule has 1 aliphatic rings. The Morgan fingerprint density at radius 3 is 2.52 bits per heavy atom. The van der Waals surface area contributed by atoms with Crippen LogP contribution in [0.25, 0.3) is 0 Å². The number of nitrogens with two attached hydrogens (primary N) is 1. The third kappa shape index (κ3) is 3.57. The maximum atomic E-state index is 12.7. The van der Waals surface area contributed by atoms with Gasteiger partial charge in [0.05, 0.1) is 4.90 Å². The fourth-order valence-corrected chi connectivity index (χ4v) is 4.34. The predicted octanol–water partition coefficient (Wildman–Crippen LogP) is 1.51. The molecule has 1 saturated heterocycles. The standard InChI is InChI=1S/C14H22ClN3O2S/c1-17-7-5-12(6-8-17)18(2)21(19,20)13-4-3-11(10-16)14(15)9-13/h3-4,9,12H,5-8,10,16H2,1-2H3. The van der Waals surface area contributed by atoms with E-state index in [0.717, 1.165) is 31.5 Å². The van der Waals surface area contributed by atoms with Crippen molar-refractivity contribution in [3.05, 3.63) is 28.8 Å². The summed E-state index contributed by atoms with van der Waals surface area (Å²) in [7, 11) is 0.186. The molecule has 0 saturated carbocycles. The van der Waals surface area contributed by atoms with Crippen molar-refractivity contribution in [1.29, 1.82) is 0 Å². The Balaban J connectivity index is 2.22. The lowest BCUT2D eigenvalue weighted by molar-refractivity contribution is 0.197. The first kappa shape index (κ1) is 16.7. The molecule has 0 amide bonds. The number of sulfonamides is 1. The van der Waals surface area contributed by atoms with Gasteiger partial charge in [-0.3, -0.25) is 0 Å². The van der Waals surface area contributed by atoms with Crippen molar-refractivity contribution < 1.29 is 8.42 Å². The second-order valence-electron chi connectivity index (χ2n) is 5.51. The van der Waals surface area contributed by atoms with E-state index in [-0.39, 0.29) is 10.9 Å². The largest absolute Gasteiger partial charge is 0.326 e. The molecule has 2 N–H and O–H groups in total. The van der Waals surface area contributed by atoms with Crippen LogP contribution in [0.5, 0.6) is 0 Å². The smallest absolute Gasteiger partial charge is 0.243 e. The van der Waals surface area contributed by atoms with Crippen molar-refractivity contribution in [3.63, 3.8) is 0 Å². The average molecular weight is 332 g/mol. The molecule has 0 spiro atoms. The van der Waals surface area contributed by atoms with Crippen molar-refractivity contribution in [3.8, 4) is 0 Å². The molecule has 0 aliphatic carbocycles. The number of hydrogen-bond acceptors (Lipinski definition) is 4. The first-order chi connectivity index (χ1) is 9.86. The van der Waals surface area contributed by atoms with Gasteiger partial charge in [0.15, 0.2) is 0 Å². The molecule has 0 aromatic heterocycles. The van der Waals surface area contributed by atoms with Gasteiger partial charge < -0.3 is 10.6 Å². The van der Waals surface area contributed by atoms with Gasteiger partial charge in [0.2, 0.25) is 10.0 Å². The maximum Gasteiger partial charge on any atom is 0.243 e. The van der Waals surface area contributed by atoms with E-state index in [1.54, 1.807) is 19.2 Å². The lowest BCUT2D eigenvalue weighted by atomic mass is 10.1. The van der Waals surface area contributed by atoms with E-state index in [4.69, 9.17) is 17.3 Å². The molecule has 1 aromatic carbocycles. The zero-order chi connectivity index (χ0) is 15.6. The van der Waals surface area contributed by atoms with Crippen LogP contribution in [0, 0.1) is 0 Å². The van der Waals surface area contributed by atoms with Crippen molar-refractivity contribution >= 4 is 21.6 Å². The van der Waals surface area contributed by atoms with Crippen molar-refractivity contribution in [2.24, 2.45) is 5.73 Å². The molecule has 1 aromatic rings. The highest BCUT2D eigenvalue weighted by atomic mass is 35.5. The van der Waals surface area contributed by atoms with Crippen molar-refractivity contribution in [1.82, 2.24) is 9.21 Å². The minimum absolute atomic E-state index is 0.0409. The second kappa shape index (κ2) is 6.62. The van der Waals surface area contributed by atoms with Crippen LogP contribution in [-0.2, 0) is 16.6 Å². The molecule has 0 atom stereocenters. The number of rotatable bonds is 4. The zero-order valence-corrected chi connectivity index (χ0v) is 14.0. The molecule has 1 fully saturated rings. The van der Waals surface area contributed by atoms with Gasteiger partial charge in [-0.25, -0.2) is 8.42 Å². The molecule has 1 heterocycles. The minimum Gasteiger partial charge on any atom is -0.326 e. The highest BCUT2D eigenvalue weighted by molar-refractivity contribution is 7.89. The van der Waals surface area contributed by atoms with E-state index >= 15 is 0 Å². The maximum absolute atomic E-state index is 12.7. The summed E-state index contributed by atoms with van der Waals surface area (Å²) >= 11 is 6.08. The van der Waals surface area contributed by atoms with Crippen LogP contribution >= 0.6 is 11.6 Å². The molecule has 7 heteroatoms. The van der Waals surface area contributed by atoms with Gasteiger partial charge >= 0.3 is 0 Å². The molecule has 0 radical (unpaired) electrons. The summed E-state index contributed by atoms with van der Waals surface area (Å²) in [5, 5.41) is 0.398. The van der Waals surface area contributed by atoms with Gasteiger partial charge in [-0.05, 0) is 50.7 Å². The van der Waals surface area contributed by atoms with Gasteiger partial charge in [0.25, 0.3) is 0 Å². The van der Waals surface area contributed by atoms with E-state index in [0.29, 0.717) is 11.6 Å². The number of likely N-dealkylation sites (tertiary alicyclic amines) is 1. The summed E-state index contributed by atoms with van der Waals surface area (Å²) in [6, 6.07) is 4.79. The monoisotopic (exact) mass is 331 g/mol. The summed E-state index contributed by atoms with van der Waals surface area (Å²) in [6.07, 6.45) is 1.70. The van der Waals surface area contributed by atoms with Crippen molar-refractivity contribution in [2.45, 2.75) is 30.3 Å². The summed E-state index contributed by atoms with van der Waals surface area (Å²) < 4.78 is 26.9. The molecular formula is C14H22ClN3O2S. The highest BCUT2D eigenvalue weighted by Crippen LogP contribution is 2.26. The molecule has 0 unspecified atom stereocenters. The fourth-order valence-electron chi connectivity index (χ4n) is 2.58. The molecule has 21 heavy (non-hydrogen) atoms. The Hall–Kier alpha value is -0.660. The van der Waals surface area contributed by atoms with Crippen LogP contribution < -0.4 is 5.73 Å². The van der Waals surface area contributed by atoms with Crippen molar-refractivity contribution in [2.75, 3.05) is 27.2 Å². The fraction of sp³-hybridized carbons (Fsp3) is 0.571. The Morgan fingerprint density at radius 1 is 1.38 bits per heavy atom. The van der Waals surface area contributed by atoms with Crippen LogP contribution in [-0.4, -0.2) is 50.8 Å². The molecular weight excluding hydrogens is 310 g/mol. The third-order valence-corrected chi connectivity index (χ3v) is 6.38. The normalized spacial score (nSPS) is 18.3. The van der Waals surface area contributed by atoms with E-state index in [1.165, 1.54) is 10.4 Å². The third-order valence-electron chi connectivity index (χ3n) is 4.12. The SMILES string of the molecule is CN1CCC(N(C)S(=O)(=O)c2ccc(CN)c(Cl)c2)CC1. The van der Waals surface area contributed by atoms with E-state index in [1.807, 2.05) is 0 Å².